The van der Waals surface area contributed by atoms with Gasteiger partial charge >= 0.3 is 5.97 Å². The Morgan fingerprint density at radius 1 is 1.31 bits per heavy atom. The zero-order valence-corrected chi connectivity index (χ0v) is 17.2. The molecular formula is C22H28FN3O3. The zero-order valence-electron chi connectivity index (χ0n) is 17.2. The van der Waals surface area contributed by atoms with Crippen molar-refractivity contribution in [3.63, 3.8) is 0 Å². The van der Waals surface area contributed by atoms with Gasteiger partial charge in [-0.25, -0.2) is 9.18 Å². The molecule has 6 nitrogen and oxygen atoms in total. The van der Waals surface area contributed by atoms with Crippen LogP contribution in [0, 0.1) is 11.8 Å². The molecule has 0 saturated carbocycles. The number of ether oxygens (including phenoxy) is 1. The number of hydrogen-bond donors (Lipinski definition) is 0. The maximum absolute atomic E-state index is 14.3. The van der Waals surface area contributed by atoms with E-state index in [0.717, 1.165) is 25.9 Å². The largest absolute Gasteiger partial charge is 0.465 e. The summed E-state index contributed by atoms with van der Waals surface area (Å²) < 4.78 is 19.0. The van der Waals surface area contributed by atoms with Gasteiger partial charge in [-0.2, -0.15) is 0 Å². The van der Waals surface area contributed by atoms with Crippen molar-refractivity contribution in [1.82, 2.24) is 14.8 Å². The summed E-state index contributed by atoms with van der Waals surface area (Å²) in [6.45, 7) is 3.78. The van der Waals surface area contributed by atoms with E-state index in [9.17, 15) is 14.0 Å². The number of methoxy groups -OCH3 is 1. The molecule has 156 valence electrons. The molecule has 3 rings (SSSR count). The summed E-state index contributed by atoms with van der Waals surface area (Å²) >= 11 is 0. The van der Waals surface area contributed by atoms with E-state index in [1.807, 2.05) is 6.08 Å². The molecule has 0 aromatic carbocycles. The van der Waals surface area contributed by atoms with E-state index < -0.39 is 18.1 Å². The first-order chi connectivity index (χ1) is 13.9. The van der Waals surface area contributed by atoms with Gasteiger partial charge in [-0.15, -0.1) is 0 Å². The molecule has 1 aromatic heterocycles. The van der Waals surface area contributed by atoms with Gasteiger partial charge in [0.1, 0.15) is 6.17 Å². The second-order valence-electron chi connectivity index (χ2n) is 7.74. The SMILES string of the molecule is COC(=O)c1ccc(CN(C(=O)C2CCN(C)CC2)C2=CC=CC(F)C2C)nc1. The first kappa shape index (κ1) is 21.2. The number of carbonyl (C=O) groups excluding carboxylic acids is 2. The quantitative estimate of drug-likeness (QED) is 0.710. The van der Waals surface area contributed by atoms with Gasteiger partial charge in [0.15, 0.2) is 0 Å². The number of halogens is 1. The minimum atomic E-state index is -1.13. The Kier molecular flexibility index (Phi) is 6.79. The van der Waals surface area contributed by atoms with Crippen molar-refractivity contribution in [2.24, 2.45) is 11.8 Å². The third-order valence-corrected chi connectivity index (χ3v) is 5.72. The van der Waals surface area contributed by atoms with Gasteiger partial charge in [0.05, 0.1) is 24.9 Å². The fourth-order valence-electron chi connectivity index (χ4n) is 3.77. The summed E-state index contributed by atoms with van der Waals surface area (Å²) in [6.07, 6.45) is 6.89. The highest BCUT2D eigenvalue weighted by atomic mass is 19.1. The number of likely N-dealkylation sites (tertiary alicyclic amines) is 1. The third-order valence-electron chi connectivity index (χ3n) is 5.72. The molecule has 2 unspecified atom stereocenters. The summed E-state index contributed by atoms with van der Waals surface area (Å²) in [7, 11) is 3.37. The van der Waals surface area contributed by atoms with Crippen molar-refractivity contribution in [3.8, 4) is 0 Å². The number of carbonyl (C=O) groups is 2. The maximum atomic E-state index is 14.3. The molecule has 0 N–H and O–H groups in total. The average Bonchev–Trinajstić information content (AvgIpc) is 2.74. The predicted octanol–water partition coefficient (Wildman–Crippen LogP) is 2.97. The van der Waals surface area contributed by atoms with Gasteiger partial charge in [0.2, 0.25) is 5.91 Å². The molecule has 2 heterocycles. The second kappa shape index (κ2) is 9.31. The number of amides is 1. The van der Waals surface area contributed by atoms with Crippen molar-refractivity contribution in [2.75, 3.05) is 27.2 Å². The number of piperidine rings is 1. The van der Waals surface area contributed by atoms with Gasteiger partial charge in [0.25, 0.3) is 0 Å². The van der Waals surface area contributed by atoms with Gasteiger partial charge in [-0.1, -0.05) is 13.0 Å². The highest BCUT2D eigenvalue weighted by Crippen LogP contribution is 2.30. The number of hydrogen-bond acceptors (Lipinski definition) is 5. The van der Waals surface area contributed by atoms with Crippen molar-refractivity contribution in [3.05, 3.63) is 53.5 Å². The van der Waals surface area contributed by atoms with Gasteiger partial charge in [-0.05, 0) is 57.3 Å². The Morgan fingerprint density at radius 3 is 2.66 bits per heavy atom. The number of esters is 1. The fourth-order valence-corrected chi connectivity index (χ4v) is 3.77. The fraction of sp³-hybridized carbons (Fsp3) is 0.500. The summed E-state index contributed by atoms with van der Waals surface area (Å²) in [4.78, 5) is 33.2. The van der Waals surface area contributed by atoms with E-state index in [-0.39, 0.29) is 18.4 Å². The smallest absolute Gasteiger partial charge is 0.339 e. The molecule has 29 heavy (non-hydrogen) atoms. The van der Waals surface area contributed by atoms with Crippen LogP contribution >= 0.6 is 0 Å². The Morgan fingerprint density at radius 2 is 2.03 bits per heavy atom. The molecular weight excluding hydrogens is 373 g/mol. The molecule has 0 bridgehead atoms. The lowest BCUT2D eigenvalue weighted by Gasteiger charge is -2.36. The first-order valence-corrected chi connectivity index (χ1v) is 9.96. The summed E-state index contributed by atoms with van der Waals surface area (Å²) in [6, 6.07) is 3.33. The number of pyridine rings is 1. The lowest BCUT2D eigenvalue weighted by molar-refractivity contribution is -0.136. The first-order valence-electron chi connectivity index (χ1n) is 9.96. The number of allylic oxidation sites excluding steroid dienone is 4. The van der Waals surface area contributed by atoms with E-state index >= 15 is 0 Å². The van der Waals surface area contributed by atoms with E-state index in [2.05, 4.69) is 16.9 Å². The van der Waals surface area contributed by atoms with Crippen molar-refractivity contribution in [2.45, 2.75) is 32.5 Å². The van der Waals surface area contributed by atoms with Crippen LogP contribution in [0.3, 0.4) is 0 Å². The Hall–Kier alpha value is -2.54. The van der Waals surface area contributed by atoms with Crippen LogP contribution in [0.2, 0.25) is 0 Å². The topological polar surface area (TPSA) is 62.7 Å². The molecule has 1 amide bonds. The molecule has 2 aliphatic rings. The summed E-state index contributed by atoms with van der Waals surface area (Å²) in [5.41, 5.74) is 1.65. The van der Waals surface area contributed by atoms with Gasteiger partial charge in [0, 0.05) is 23.7 Å². The van der Waals surface area contributed by atoms with Gasteiger partial charge < -0.3 is 14.5 Å². The van der Waals surface area contributed by atoms with Crippen LogP contribution < -0.4 is 0 Å². The maximum Gasteiger partial charge on any atom is 0.339 e. The van der Waals surface area contributed by atoms with Crippen LogP contribution in [0.15, 0.2) is 42.3 Å². The average molecular weight is 401 g/mol. The molecule has 1 aromatic rings. The molecule has 1 fully saturated rings. The Labute approximate surface area is 171 Å². The normalized spacial score (nSPS) is 22.8. The summed E-state index contributed by atoms with van der Waals surface area (Å²) in [5, 5.41) is 0. The minimum absolute atomic E-state index is 0.0116. The van der Waals surface area contributed by atoms with Crippen molar-refractivity contribution >= 4 is 11.9 Å². The van der Waals surface area contributed by atoms with E-state index in [1.54, 1.807) is 30.0 Å². The van der Waals surface area contributed by atoms with Crippen LogP contribution in [-0.4, -0.2) is 60.1 Å². The Balaban J connectivity index is 1.84. The number of alkyl halides is 1. The number of aromatic nitrogens is 1. The molecule has 1 aliphatic heterocycles. The minimum Gasteiger partial charge on any atom is -0.465 e. The third kappa shape index (κ3) is 4.90. The van der Waals surface area contributed by atoms with Crippen molar-refractivity contribution in [1.29, 1.82) is 0 Å². The Bertz CT molecular complexity index is 798. The highest BCUT2D eigenvalue weighted by molar-refractivity contribution is 5.88. The second-order valence-corrected chi connectivity index (χ2v) is 7.74. The summed E-state index contributed by atoms with van der Waals surface area (Å²) in [5.74, 6) is -0.947. The zero-order chi connectivity index (χ0) is 21.0. The predicted molar refractivity (Wildman–Crippen MR) is 108 cm³/mol. The van der Waals surface area contributed by atoms with Crippen LogP contribution in [0.5, 0.6) is 0 Å². The number of rotatable bonds is 5. The molecule has 0 radical (unpaired) electrons. The molecule has 2 atom stereocenters. The monoisotopic (exact) mass is 401 g/mol. The van der Waals surface area contributed by atoms with E-state index in [0.29, 0.717) is 17.0 Å². The lowest BCUT2D eigenvalue weighted by Crippen LogP contribution is -2.43. The van der Waals surface area contributed by atoms with Crippen molar-refractivity contribution < 1.29 is 18.7 Å². The molecule has 1 aliphatic carbocycles. The molecule has 0 spiro atoms. The molecule has 1 saturated heterocycles. The lowest BCUT2D eigenvalue weighted by atomic mass is 9.91. The van der Waals surface area contributed by atoms with E-state index in [1.165, 1.54) is 19.4 Å². The van der Waals surface area contributed by atoms with Gasteiger partial charge in [-0.3, -0.25) is 9.78 Å². The molecule has 7 heteroatoms. The van der Waals surface area contributed by atoms with Crippen LogP contribution in [0.25, 0.3) is 0 Å². The van der Waals surface area contributed by atoms with Crippen LogP contribution in [0.1, 0.15) is 35.8 Å². The number of nitrogens with zero attached hydrogens (tertiary/aromatic N) is 3. The van der Waals surface area contributed by atoms with E-state index in [4.69, 9.17) is 4.74 Å². The van der Waals surface area contributed by atoms with Crippen LogP contribution in [0.4, 0.5) is 4.39 Å². The standard InChI is InChI=1S/C22H28FN3O3/c1-15-19(23)5-4-6-20(15)26(21(27)16-9-11-25(2)12-10-16)14-18-8-7-17(13-24-18)22(28)29-3/h4-8,13,15-16,19H,9-12,14H2,1-3H3. The highest BCUT2D eigenvalue weighted by Gasteiger charge is 2.33. The van der Waals surface area contributed by atoms with Crippen LogP contribution in [-0.2, 0) is 16.1 Å².